The third kappa shape index (κ3) is 5.87. The first kappa shape index (κ1) is 25.9. The second kappa shape index (κ2) is 10.3. The van der Waals surface area contributed by atoms with Crippen molar-refractivity contribution in [1.82, 2.24) is 4.98 Å². The van der Waals surface area contributed by atoms with Gasteiger partial charge in [-0.05, 0) is 53.9 Å². The number of aryl methyl sites for hydroxylation is 1. The molecule has 2 aromatic carbocycles. The zero-order chi connectivity index (χ0) is 25.8. The van der Waals surface area contributed by atoms with Crippen LogP contribution in [0.1, 0.15) is 16.7 Å². The van der Waals surface area contributed by atoms with Gasteiger partial charge in [-0.1, -0.05) is 23.7 Å². The van der Waals surface area contributed by atoms with Gasteiger partial charge in [-0.15, -0.1) is 0 Å². The van der Waals surface area contributed by atoms with Crippen LogP contribution in [0.5, 0.6) is 5.75 Å². The highest BCUT2D eigenvalue weighted by atomic mass is 35.5. The second-order valence-corrected chi connectivity index (χ2v) is 9.57. The van der Waals surface area contributed by atoms with Gasteiger partial charge in [0, 0.05) is 23.5 Å². The number of aromatic nitrogens is 1. The van der Waals surface area contributed by atoms with Gasteiger partial charge >= 0.3 is 10.1 Å². The molecule has 0 aliphatic carbocycles. The molecule has 1 aliphatic rings. The first-order valence-electron chi connectivity index (χ1n) is 9.96. The lowest BCUT2D eigenvalue weighted by atomic mass is 9.82. The summed E-state index contributed by atoms with van der Waals surface area (Å²) >= 11 is 6.04. The number of halogens is 2. The van der Waals surface area contributed by atoms with Gasteiger partial charge in [-0.2, -0.15) is 8.42 Å². The number of ether oxygens (including phenoxy) is 1. The van der Waals surface area contributed by atoms with Gasteiger partial charge in [-0.3, -0.25) is 9.78 Å². The molecule has 0 spiro atoms. The molecule has 2 heterocycles. The van der Waals surface area contributed by atoms with Crippen molar-refractivity contribution in [1.29, 1.82) is 0 Å². The van der Waals surface area contributed by atoms with Crippen LogP contribution in [0, 0.1) is 12.7 Å². The Morgan fingerprint density at radius 3 is 2.43 bits per heavy atom. The quantitative estimate of drug-likeness (QED) is 0.384. The summed E-state index contributed by atoms with van der Waals surface area (Å²) < 4.78 is 48.3. The second-order valence-electron chi connectivity index (χ2n) is 7.56. The van der Waals surface area contributed by atoms with E-state index in [9.17, 15) is 12.8 Å². The van der Waals surface area contributed by atoms with Crippen LogP contribution < -0.4 is 9.92 Å². The standard InChI is InChI=1S/C22H19ClFN3O4S.CH2O2/c1-13-7-15(4-6-20(13)31-32(2,28)29)22(12-30-21(25)27-22)16-3-5-19(24)18(9-16)14-8-17(23)11-26-10-14;2-1-3/h3-11H,12H2,1-2H3,(H2,25,27);1H,(H,2,3). The maximum absolute atomic E-state index is 14.7. The Morgan fingerprint density at radius 1 is 1.20 bits per heavy atom. The maximum atomic E-state index is 14.7. The lowest BCUT2D eigenvalue weighted by molar-refractivity contribution is -0.122. The summed E-state index contributed by atoms with van der Waals surface area (Å²) in [5.41, 5.74) is 7.49. The van der Waals surface area contributed by atoms with Gasteiger partial charge < -0.3 is 19.8 Å². The predicted octanol–water partition coefficient (Wildman–Crippen LogP) is 3.48. The first-order valence-corrected chi connectivity index (χ1v) is 12.2. The highest BCUT2D eigenvalue weighted by Gasteiger charge is 2.41. The molecule has 184 valence electrons. The maximum Gasteiger partial charge on any atom is 0.306 e. The van der Waals surface area contributed by atoms with Crippen molar-refractivity contribution >= 4 is 34.2 Å². The molecule has 0 radical (unpaired) electrons. The highest BCUT2D eigenvalue weighted by Crippen LogP contribution is 2.41. The van der Waals surface area contributed by atoms with Gasteiger partial charge in [0.2, 0.25) is 0 Å². The van der Waals surface area contributed by atoms with E-state index >= 15 is 0 Å². The van der Waals surface area contributed by atoms with Crippen molar-refractivity contribution in [3.8, 4) is 16.9 Å². The molecule has 0 bridgehead atoms. The van der Waals surface area contributed by atoms with Gasteiger partial charge in [0.05, 0.1) is 11.3 Å². The van der Waals surface area contributed by atoms with E-state index in [1.807, 2.05) is 0 Å². The van der Waals surface area contributed by atoms with E-state index < -0.39 is 21.5 Å². The fraction of sp³-hybridized carbons (Fsp3) is 0.174. The summed E-state index contributed by atoms with van der Waals surface area (Å²) in [6, 6.07) is 11.2. The van der Waals surface area contributed by atoms with Gasteiger partial charge in [0.15, 0.2) is 5.54 Å². The molecule has 1 atom stereocenters. The van der Waals surface area contributed by atoms with Crippen LogP contribution in [-0.4, -0.2) is 43.9 Å². The largest absolute Gasteiger partial charge is 0.483 e. The minimum atomic E-state index is -3.68. The summed E-state index contributed by atoms with van der Waals surface area (Å²) in [7, 11) is -3.68. The summed E-state index contributed by atoms with van der Waals surface area (Å²) in [6.45, 7) is 1.55. The number of carbonyl (C=O) groups is 1. The number of nitrogens with zero attached hydrogens (tertiary/aromatic N) is 2. The molecule has 0 amide bonds. The number of hydrogen-bond acceptors (Lipinski definition) is 8. The number of benzene rings is 2. The van der Waals surface area contributed by atoms with Gasteiger partial charge in [0.25, 0.3) is 12.5 Å². The molecule has 3 aromatic rings. The lowest BCUT2D eigenvalue weighted by Crippen LogP contribution is -2.27. The SMILES string of the molecule is Cc1cc(C2(c3ccc(F)c(-c4cncc(Cl)c4)c3)COC(N)=N2)ccc1OS(C)(=O)=O.O=CO. The average molecular weight is 522 g/mol. The molecule has 0 fully saturated rings. The first-order chi connectivity index (χ1) is 16.5. The molecule has 0 saturated heterocycles. The van der Waals surface area contributed by atoms with Crippen LogP contribution in [-0.2, 0) is 25.2 Å². The molecule has 35 heavy (non-hydrogen) atoms. The lowest BCUT2D eigenvalue weighted by Gasteiger charge is -2.26. The van der Waals surface area contributed by atoms with Crippen molar-refractivity contribution in [2.24, 2.45) is 10.7 Å². The zero-order valence-corrected chi connectivity index (χ0v) is 20.2. The normalized spacial score (nSPS) is 17.0. The molecular weight excluding hydrogens is 501 g/mol. The van der Waals surface area contributed by atoms with E-state index in [0.29, 0.717) is 32.8 Å². The number of carboxylic acid groups (broad SMARTS) is 1. The average Bonchev–Trinajstić information content (AvgIpc) is 3.18. The monoisotopic (exact) mass is 521 g/mol. The third-order valence-electron chi connectivity index (χ3n) is 5.08. The molecule has 1 unspecified atom stereocenters. The Labute approximate surface area is 206 Å². The molecule has 3 N–H and O–H groups in total. The van der Waals surface area contributed by atoms with Crippen molar-refractivity contribution in [3.05, 3.63) is 82.4 Å². The van der Waals surface area contributed by atoms with Crippen molar-refractivity contribution < 1.29 is 31.6 Å². The zero-order valence-electron chi connectivity index (χ0n) is 18.6. The smallest absolute Gasteiger partial charge is 0.306 e. The Morgan fingerprint density at radius 2 is 1.86 bits per heavy atom. The Bertz CT molecular complexity index is 1400. The van der Waals surface area contributed by atoms with Crippen LogP contribution in [0.3, 0.4) is 0 Å². The molecule has 9 nitrogen and oxygen atoms in total. The van der Waals surface area contributed by atoms with E-state index in [4.69, 9.17) is 36.2 Å². The number of hydrogen-bond donors (Lipinski definition) is 2. The minimum absolute atomic E-state index is 0.00517. The molecule has 1 aromatic heterocycles. The van der Waals surface area contributed by atoms with E-state index in [1.165, 1.54) is 18.5 Å². The molecule has 12 heteroatoms. The minimum Gasteiger partial charge on any atom is -0.483 e. The highest BCUT2D eigenvalue weighted by molar-refractivity contribution is 7.86. The Hall–Kier alpha value is -3.70. The Balaban J connectivity index is 0.00000108. The number of nitrogens with two attached hydrogens (primary N) is 1. The number of pyridine rings is 1. The van der Waals surface area contributed by atoms with Crippen LogP contribution in [0.2, 0.25) is 5.02 Å². The topological polar surface area (TPSA) is 141 Å². The predicted molar refractivity (Wildman–Crippen MR) is 128 cm³/mol. The molecular formula is C23H21ClFN3O6S. The molecule has 4 rings (SSSR count). The van der Waals surface area contributed by atoms with E-state index in [1.54, 1.807) is 43.3 Å². The van der Waals surface area contributed by atoms with Gasteiger partial charge in [-0.25, -0.2) is 9.38 Å². The van der Waals surface area contributed by atoms with Crippen LogP contribution in [0.4, 0.5) is 4.39 Å². The summed E-state index contributed by atoms with van der Waals surface area (Å²) in [4.78, 5) is 16.9. The van der Waals surface area contributed by atoms with Crippen molar-refractivity contribution in [2.75, 3.05) is 12.9 Å². The van der Waals surface area contributed by atoms with E-state index in [-0.39, 0.29) is 24.9 Å². The summed E-state index contributed by atoms with van der Waals surface area (Å²) in [5, 5.41) is 7.27. The van der Waals surface area contributed by atoms with Gasteiger partial charge in [0.1, 0.15) is 18.2 Å². The fourth-order valence-corrected chi connectivity index (χ4v) is 4.31. The summed E-state index contributed by atoms with van der Waals surface area (Å²) in [5.74, 6) is -0.246. The van der Waals surface area contributed by atoms with E-state index in [0.717, 1.165) is 6.26 Å². The van der Waals surface area contributed by atoms with Crippen molar-refractivity contribution in [2.45, 2.75) is 12.5 Å². The summed E-state index contributed by atoms with van der Waals surface area (Å²) in [6.07, 6.45) is 3.96. The number of aliphatic imine (C=N–C) groups is 1. The van der Waals surface area contributed by atoms with Crippen LogP contribution in [0.25, 0.3) is 11.1 Å². The molecule has 0 saturated carbocycles. The Kier molecular flexibility index (Phi) is 7.61. The fourth-order valence-electron chi connectivity index (χ4n) is 3.62. The van der Waals surface area contributed by atoms with Crippen molar-refractivity contribution in [3.63, 3.8) is 0 Å². The number of amidine groups is 1. The van der Waals surface area contributed by atoms with Crippen LogP contribution >= 0.6 is 11.6 Å². The third-order valence-corrected chi connectivity index (χ3v) is 5.77. The molecule has 1 aliphatic heterocycles. The van der Waals surface area contributed by atoms with E-state index in [2.05, 4.69) is 9.98 Å². The van der Waals surface area contributed by atoms with Crippen LogP contribution in [0.15, 0.2) is 59.9 Å². The number of rotatable bonds is 5.